The SMILES string of the molecule is CS(=O)(=O)c1ccc(NC[C@H](NC(=O)[CH]CC2CCCCC2)C(N)=O)cc1. The molecule has 27 heavy (non-hydrogen) atoms. The van der Waals surface area contributed by atoms with Crippen LogP contribution in [0, 0.1) is 12.3 Å². The van der Waals surface area contributed by atoms with Gasteiger partial charge in [0.05, 0.1) is 4.90 Å². The molecule has 0 aromatic heterocycles. The average Bonchev–Trinajstić information content (AvgIpc) is 2.63. The largest absolute Gasteiger partial charge is 0.382 e. The Bertz CT molecular complexity index is 741. The van der Waals surface area contributed by atoms with Crippen molar-refractivity contribution in [2.24, 2.45) is 11.7 Å². The monoisotopic (exact) mass is 394 g/mol. The minimum Gasteiger partial charge on any atom is -0.382 e. The topological polar surface area (TPSA) is 118 Å². The second kappa shape index (κ2) is 9.73. The summed E-state index contributed by atoms with van der Waals surface area (Å²) >= 11 is 0. The Labute approximate surface area is 161 Å². The molecule has 1 radical (unpaired) electrons. The fourth-order valence-electron chi connectivity index (χ4n) is 3.19. The highest BCUT2D eigenvalue weighted by Gasteiger charge is 2.20. The Morgan fingerprint density at radius 2 is 1.81 bits per heavy atom. The van der Waals surface area contributed by atoms with Gasteiger partial charge in [-0.05, 0) is 36.6 Å². The molecule has 7 nitrogen and oxygen atoms in total. The van der Waals surface area contributed by atoms with Crippen LogP contribution in [0.2, 0.25) is 0 Å². The van der Waals surface area contributed by atoms with Gasteiger partial charge in [-0.3, -0.25) is 9.59 Å². The molecular formula is C19H28N3O4S. The van der Waals surface area contributed by atoms with Crippen LogP contribution in [-0.2, 0) is 19.4 Å². The zero-order chi connectivity index (χ0) is 19.9. The Morgan fingerprint density at radius 1 is 1.19 bits per heavy atom. The van der Waals surface area contributed by atoms with Gasteiger partial charge in [0.1, 0.15) is 6.04 Å². The van der Waals surface area contributed by atoms with Gasteiger partial charge in [-0.1, -0.05) is 32.1 Å². The van der Waals surface area contributed by atoms with E-state index in [1.54, 1.807) is 18.6 Å². The number of primary amides is 1. The van der Waals surface area contributed by atoms with Crippen LogP contribution in [0.25, 0.3) is 0 Å². The molecule has 1 saturated carbocycles. The molecule has 0 aliphatic heterocycles. The zero-order valence-electron chi connectivity index (χ0n) is 15.6. The number of rotatable bonds is 9. The molecule has 1 atom stereocenters. The van der Waals surface area contributed by atoms with E-state index in [2.05, 4.69) is 10.6 Å². The molecular weight excluding hydrogens is 366 g/mol. The van der Waals surface area contributed by atoms with Gasteiger partial charge in [0.15, 0.2) is 9.84 Å². The summed E-state index contributed by atoms with van der Waals surface area (Å²) in [7, 11) is -3.26. The lowest BCUT2D eigenvalue weighted by Crippen LogP contribution is -2.48. The van der Waals surface area contributed by atoms with Crippen LogP contribution in [0.5, 0.6) is 0 Å². The van der Waals surface area contributed by atoms with Crippen molar-refractivity contribution in [1.82, 2.24) is 5.32 Å². The van der Waals surface area contributed by atoms with Crippen molar-refractivity contribution in [3.63, 3.8) is 0 Å². The number of sulfone groups is 1. The third kappa shape index (κ3) is 7.21. The molecule has 1 fully saturated rings. The summed E-state index contributed by atoms with van der Waals surface area (Å²) in [6, 6.07) is 5.31. The van der Waals surface area contributed by atoms with E-state index in [1.807, 2.05) is 0 Å². The van der Waals surface area contributed by atoms with E-state index < -0.39 is 21.8 Å². The molecule has 4 N–H and O–H groups in total. The van der Waals surface area contributed by atoms with Crippen LogP contribution in [0.1, 0.15) is 38.5 Å². The lowest BCUT2D eigenvalue weighted by Gasteiger charge is -2.21. The summed E-state index contributed by atoms with van der Waals surface area (Å²) in [5.41, 5.74) is 6.02. The van der Waals surface area contributed by atoms with E-state index >= 15 is 0 Å². The van der Waals surface area contributed by atoms with Crippen molar-refractivity contribution in [2.45, 2.75) is 49.5 Å². The van der Waals surface area contributed by atoms with Crippen LogP contribution in [-0.4, -0.2) is 39.1 Å². The first-order chi connectivity index (χ1) is 12.8. The molecule has 2 amide bonds. The smallest absolute Gasteiger partial charge is 0.241 e. The predicted molar refractivity (Wildman–Crippen MR) is 105 cm³/mol. The fraction of sp³-hybridized carbons (Fsp3) is 0.526. The minimum absolute atomic E-state index is 0.122. The molecule has 0 heterocycles. The van der Waals surface area contributed by atoms with Crippen molar-refractivity contribution < 1.29 is 18.0 Å². The Balaban J connectivity index is 1.82. The first kappa shape index (κ1) is 21.2. The molecule has 0 spiro atoms. The third-order valence-corrected chi connectivity index (χ3v) is 5.94. The van der Waals surface area contributed by atoms with Gasteiger partial charge in [-0.25, -0.2) is 8.42 Å². The van der Waals surface area contributed by atoms with Gasteiger partial charge < -0.3 is 16.4 Å². The molecule has 1 aromatic rings. The van der Waals surface area contributed by atoms with Crippen LogP contribution in [0.4, 0.5) is 5.69 Å². The van der Waals surface area contributed by atoms with Crippen LogP contribution in [0.15, 0.2) is 29.2 Å². The van der Waals surface area contributed by atoms with Crippen molar-refractivity contribution in [3.05, 3.63) is 30.7 Å². The number of anilines is 1. The minimum atomic E-state index is -3.26. The van der Waals surface area contributed by atoms with Crippen molar-refractivity contribution in [1.29, 1.82) is 0 Å². The first-order valence-electron chi connectivity index (χ1n) is 9.22. The number of hydrogen-bond acceptors (Lipinski definition) is 5. The van der Waals surface area contributed by atoms with E-state index in [9.17, 15) is 18.0 Å². The number of nitrogens with two attached hydrogens (primary N) is 1. The molecule has 0 bridgehead atoms. The van der Waals surface area contributed by atoms with E-state index in [4.69, 9.17) is 5.73 Å². The second-order valence-corrected chi connectivity index (χ2v) is 9.10. The maximum Gasteiger partial charge on any atom is 0.241 e. The van der Waals surface area contributed by atoms with Crippen molar-refractivity contribution in [3.8, 4) is 0 Å². The second-order valence-electron chi connectivity index (χ2n) is 7.08. The summed E-state index contributed by atoms with van der Waals surface area (Å²) in [4.78, 5) is 23.9. The fourth-order valence-corrected chi connectivity index (χ4v) is 3.82. The van der Waals surface area contributed by atoms with Gasteiger partial charge in [-0.2, -0.15) is 0 Å². The maximum absolute atomic E-state index is 12.1. The van der Waals surface area contributed by atoms with E-state index in [1.165, 1.54) is 31.4 Å². The summed E-state index contributed by atoms with van der Waals surface area (Å²) in [5, 5.41) is 5.63. The van der Waals surface area contributed by atoms with Crippen LogP contribution in [0.3, 0.4) is 0 Å². The number of amides is 2. The molecule has 0 unspecified atom stereocenters. The van der Waals surface area contributed by atoms with Crippen LogP contribution >= 0.6 is 0 Å². The van der Waals surface area contributed by atoms with Gasteiger partial charge >= 0.3 is 0 Å². The number of carbonyl (C=O) groups excluding carboxylic acids is 2. The summed E-state index contributed by atoms with van der Waals surface area (Å²) in [6.45, 7) is 0.122. The quantitative estimate of drug-likeness (QED) is 0.588. The van der Waals surface area contributed by atoms with E-state index in [0.29, 0.717) is 11.6 Å². The third-order valence-electron chi connectivity index (χ3n) is 4.81. The summed E-state index contributed by atoms with van der Waals surface area (Å²) in [5.74, 6) is -0.378. The highest BCUT2D eigenvalue weighted by molar-refractivity contribution is 7.90. The lowest BCUT2D eigenvalue weighted by molar-refractivity contribution is -0.125. The van der Waals surface area contributed by atoms with Gasteiger partial charge in [0.25, 0.3) is 0 Å². The number of carbonyl (C=O) groups is 2. The standard InChI is InChI=1S/C19H28N3O4S/c1-27(25,26)16-10-8-15(9-11-16)21-13-17(19(20)24)22-18(23)12-7-14-5-3-2-4-6-14/h8-12,14,17,21H,2-7,13H2,1H3,(H2,20,24)(H,22,23)/t17-/m0/s1. The Morgan fingerprint density at radius 3 is 2.37 bits per heavy atom. The lowest BCUT2D eigenvalue weighted by atomic mass is 9.86. The molecule has 2 rings (SSSR count). The van der Waals surface area contributed by atoms with Gasteiger partial charge in [-0.15, -0.1) is 0 Å². The molecule has 8 heteroatoms. The normalized spacial score (nSPS) is 16.5. The van der Waals surface area contributed by atoms with E-state index in [-0.39, 0.29) is 17.3 Å². The molecule has 0 saturated heterocycles. The van der Waals surface area contributed by atoms with Crippen molar-refractivity contribution >= 4 is 27.3 Å². The average molecular weight is 395 g/mol. The predicted octanol–water partition coefficient (Wildman–Crippen LogP) is 1.65. The van der Waals surface area contributed by atoms with Gasteiger partial charge in [0, 0.05) is 24.9 Å². The number of benzene rings is 1. The van der Waals surface area contributed by atoms with Crippen molar-refractivity contribution in [2.75, 3.05) is 18.1 Å². The Kier molecular flexibility index (Phi) is 7.65. The van der Waals surface area contributed by atoms with E-state index in [0.717, 1.165) is 25.5 Å². The number of nitrogens with one attached hydrogen (secondary N) is 2. The van der Waals surface area contributed by atoms with Gasteiger partial charge in [0.2, 0.25) is 11.8 Å². The Hall–Kier alpha value is -2.09. The molecule has 149 valence electrons. The summed E-state index contributed by atoms with van der Waals surface area (Å²) < 4.78 is 22.9. The molecule has 1 aromatic carbocycles. The molecule has 1 aliphatic rings. The zero-order valence-corrected chi connectivity index (χ0v) is 16.4. The first-order valence-corrected chi connectivity index (χ1v) is 11.1. The molecule has 1 aliphatic carbocycles. The highest BCUT2D eigenvalue weighted by Crippen LogP contribution is 2.26. The highest BCUT2D eigenvalue weighted by atomic mass is 32.2. The summed E-state index contributed by atoms with van der Waals surface area (Å²) in [6.07, 6.45) is 9.45. The maximum atomic E-state index is 12.1. The number of hydrogen-bond donors (Lipinski definition) is 3. The van der Waals surface area contributed by atoms with Crippen LogP contribution < -0.4 is 16.4 Å².